The van der Waals surface area contributed by atoms with Crippen molar-refractivity contribution in [3.63, 3.8) is 0 Å². The zero-order chi connectivity index (χ0) is 13.9. The summed E-state index contributed by atoms with van der Waals surface area (Å²) in [5, 5.41) is 13.8. The number of para-hydroxylation sites is 1. The van der Waals surface area contributed by atoms with Gasteiger partial charge < -0.3 is 15.2 Å². The number of benzene rings is 2. The molecule has 2 atom stereocenters. The molecule has 1 heterocycles. The average Bonchev–Trinajstić information content (AvgIpc) is 2.65. The van der Waals surface area contributed by atoms with E-state index < -0.39 is 0 Å². The van der Waals surface area contributed by atoms with Crippen molar-refractivity contribution in [1.82, 2.24) is 0 Å². The third-order valence-electron chi connectivity index (χ3n) is 3.81. The van der Waals surface area contributed by atoms with E-state index in [1.807, 2.05) is 30.3 Å². The first kappa shape index (κ1) is 13.0. The maximum atomic E-state index is 10.2. The van der Waals surface area contributed by atoms with Crippen molar-refractivity contribution in [3.8, 4) is 5.75 Å². The first-order valence-corrected chi connectivity index (χ1v) is 6.92. The number of fused-ring (bicyclic) bond motifs is 1. The van der Waals surface area contributed by atoms with Gasteiger partial charge >= 0.3 is 0 Å². The molecule has 0 unspecified atom stereocenters. The number of nitrogens with one attached hydrogen (secondary N) is 1. The van der Waals surface area contributed by atoms with Gasteiger partial charge in [-0.15, -0.1) is 0 Å². The SMILES string of the molecule is COc1cccc([C@@H]2C[C@H](O)Cc3ccccc3N2)c1. The van der Waals surface area contributed by atoms with E-state index >= 15 is 0 Å². The minimum Gasteiger partial charge on any atom is -0.497 e. The van der Waals surface area contributed by atoms with E-state index in [1.165, 1.54) is 5.56 Å². The molecule has 0 saturated heterocycles. The molecule has 2 aromatic carbocycles. The van der Waals surface area contributed by atoms with E-state index in [1.54, 1.807) is 7.11 Å². The second-order valence-corrected chi connectivity index (χ2v) is 5.22. The zero-order valence-electron chi connectivity index (χ0n) is 11.5. The van der Waals surface area contributed by atoms with Gasteiger partial charge in [0.05, 0.1) is 19.3 Å². The second kappa shape index (κ2) is 5.55. The number of rotatable bonds is 2. The van der Waals surface area contributed by atoms with E-state index in [0.717, 1.165) is 17.0 Å². The Kier molecular flexibility index (Phi) is 3.61. The third kappa shape index (κ3) is 2.63. The molecule has 0 bridgehead atoms. The van der Waals surface area contributed by atoms with E-state index in [9.17, 15) is 5.11 Å². The van der Waals surface area contributed by atoms with Gasteiger partial charge in [-0.2, -0.15) is 0 Å². The molecule has 0 fully saturated rings. The Morgan fingerprint density at radius 3 is 2.85 bits per heavy atom. The van der Waals surface area contributed by atoms with Gasteiger partial charge in [0.1, 0.15) is 5.75 Å². The minimum atomic E-state index is -0.331. The van der Waals surface area contributed by atoms with Crippen LogP contribution in [-0.4, -0.2) is 18.3 Å². The molecule has 1 aliphatic heterocycles. The van der Waals surface area contributed by atoms with Crippen LogP contribution in [0.15, 0.2) is 48.5 Å². The summed E-state index contributed by atoms with van der Waals surface area (Å²) in [4.78, 5) is 0. The molecule has 0 aromatic heterocycles. The Morgan fingerprint density at radius 1 is 1.15 bits per heavy atom. The fourth-order valence-electron chi connectivity index (χ4n) is 2.77. The molecule has 2 aromatic rings. The van der Waals surface area contributed by atoms with Gasteiger partial charge in [0.15, 0.2) is 0 Å². The molecule has 2 N–H and O–H groups in total. The maximum Gasteiger partial charge on any atom is 0.119 e. The fraction of sp³-hybridized carbons (Fsp3) is 0.294. The maximum absolute atomic E-state index is 10.2. The Morgan fingerprint density at radius 2 is 2.00 bits per heavy atom. The van der Waals surface area contributed by atoms with Crippen molar-refractivity contribution in [3.05, 3.63) is 59.7 Å². The fourth-order valence-corrected chi connectivity index (χ4v) is 2.77. The van der Waals surface area contributed by atoms with Crippen molar-refractivity contribution in [2.45, 2.75) is 25.0 Å². The quantitative estimate of drug-likeness (QED) is 0.880. The first-order chi connectivity index (χ1) is 9.76. The Hall–Kier alpha value is -2.00. The summed E-state index contributed by atoms with van der Waals surface area (Å²) in [6.07, 6.45) is 1.06. The molecule has 3 heteroatoms. The lowest BCUT2D eigenvalue weighted by Crippen LogP contribution is -2.16. The van der Waals surface area contributed by atoms with E-state index in [4.69, 9.17) is 4.74 Å². The van der Waals surface area contributed by atoms with Crippen molar-refractivity contribution in [2.24, 2.45) is 0 Å². The highest BCUT2D eigenvalue weighted by Gasteiger charge is 2.22. The zero-order valence-corrected chi connectivity index (χ0v) is 11.5. The molecule has 0 aliphatic carbocycles. The molecule has 3 rings (SSSR count). The minimum absolute atomic E-state index is 0.101. The number of methoxy groups -OCH3 is 1. The van der Waals surface area contributed by atoms with Crippen molar-refractivity contribution in [1.29, 1.82) is 0 Å². The molecular formula is C17H19NO2. The van der Waals surface area contributed by atoms with Crippen LogP contribution in [0.3, 0.4) is 0 Å². The van der Waals surface area contributed by atoms with Crippen LogP contribution in [0.1, 0.15) is 23.6 Å². The number of anilines is 1. The molecule has 20 heavy (non-hydrogen) atoms. The van der Waals surface area contributed by atoms with Crippen LogP contribution in [0.5, 0.6) is 5.75 Å². The van der Waals surface area contributed by atoms with Gasteiger partial charge in [0.2, 0.25) is 0 Å². The molecule has 0 radical (unpaired) electrons. The monoisotopic (exact) mass is 269 g/mol. The third-order valence-corrected chi connectivity index (χ3v) is 3.81. The smallest absolute Gasteiger partial charge is 0.119 e. The van der Waals surface area contributed by atoms with E-state index in [2.05, 4.69) is 23.5 Å². The summed E-state index contributed by atoms with van der Waals surface area (Å²) >= 11 is 0. The second-order valence-electron chi connectivity index (χ2n) is 5.22. The topological polar surface area (TPSA) is 41.5 Å². The molecule has 104 valence electrons. The van der Waals surface area contributed by atoms with Crippen LogP contribution >= 0.6 is 0 Å². The van der Waals surface area contributed by atoms with Crippen LogP contribution < -0.4 is 10.1 Å². The van der Waals surface area contributed by atoms with Crippen LogP contribution in [0.25, 0.3) is 0 Å². The van der Waals surface area contributed by atoms with Gasteiger partial charge in [-0.3, -0.25) is 0 Å². The normalized spacial score (nSPS) is 21.5. The molecule has 1 aliphatic rings. The van der Waals surface area contributed by atoms with Gasteiger partial charge in [0, 0.05) is 12.1 Å². The van der Waals surface area contributed by atoms with E-state index in [-0.39, 0.29) is 12.1 Å². The number of aliphatic hydroxyl groups excluding tert-OH is 1. The summed E-state index contributed by atoms with van der Waals surface area (Å²) in [7, 11) is 1.67. The number of aliphatic hydroxyl groups is 1. The van der Waals surface area contributed by atoms with Crippen LogP contribution in [0.2, 0.25) is 0 Å². The highest BCUT2D eigenvalue weighted by Crippen LogP contribution is 2.32. The highest BCUT2D eigenvalue weighted by atomic mass is 16.5. The van der Waals surface area contributed by atoms with Crippen LogP contribution in [0.4, 0.5) is 5.69 Å². The van der Waals surface area contributed by atoms with Gasteiger partial charge in [-0.25, -0.2) is 0 Å². The lowest BCUT2D eigenvalue weighted by Gasteiger charge is -2.20. The average molecular weight is 269 g/mol. The van der Waals surface area contributed by atoms with Crippen molar-refractivity contribution >= 4 is 5.69 Å². The summed E-state index contributed by atoms with van der Waals surface area (Å²) in [6, 6.07) is 16.3. The van der Waals surface area contributed by atoms with Gasteiger partial charge in [0.25, 0.3) is 0 Å². The molecule has 3 nitrogen and oxygen atoms in total. The molecule has 0 saturated carbocycles. The number of ether oxygens (including phenoxy) is 1. The predicted octanol–water partition coefficient (Wildman–Crippen LogP) is 3.16. The first-order valence-electron chi connectivity index (χ1n) is 6.92. The summed E-state index contributed by atoms with van der Waals surface area (Å²) in [6.45, 7) is 0. The lowest BCUT2D eigenvalue weighted by molar-refractivity contribution is 0.161. The summed E-state index contributed by atoms with van der Waals surface area (Å²) in [5.74, 6) is 0.844. The van der Waals surface area contributed by atoms with Crippen LogP contribution in [0, 0.1) is 0 Å². The lowest BCUT2D eigenvalue weighted by atomic mass is 9.99. The summed E-state index contributed by atoms with van der Waals surface area (Å²) in [5.41, 5.74) is 3.42. The van der Waals surface area contributed by atoms with Crippen molar-refractivity contribution in [2.75, 3.05) is 12.4 Å². The van der Waals surface area contributed by atoms with Gasteiger partial charge in [-0.1, -0.05) is 30.3 Å². The molecule has 0 amide bonds. The predicted molar refractivity (Wildman–Crippen MR) is 80.1 cm³/mol. The number of hydrogen-bond donors (Lipinski definition) is 2. The Bertz CT molecular complexity index is 597. The largest absolute Gasteiger partial charge is 0.497 e. The molecular weight excluding hydrogens is 250 g/mol. The van der Waals surface area contributed by atoms with Crippen LogP contribution in [-0.2, 0) is 6.42 Å². The van der Waals surface area contributed by atoms with Crippen molar-refractivity contribution < 1.29 is 9.84 Å². The highest BCUT2D eigenvalue weighted by molar-refractivity contribution is 5.54. The number of hydrogen-bond acceptors (Lipinski definition) is 3. The standard InChI is InChI=1S/C17H19NO2/c1-20-15-7-4-6-13(10-15)17-11-14(19)9-12-5-2-3-8-16(12)18-17/h2-8,10,14,17-19H,9,11H2,1H3/t14-,17+/m1/s1. The summed E-state index contributed by atoms with van der Waals surface area (Å²) < 4.78 is 5.28. The van der Waals surface area contributed by atoms with Gasteiger partial charge in [-0.05, 0) is 35.7 Å². The Balaban J connectivity index is 1.93. The van der Waals surface area contributed by atoms with E-state index in [0.29, 0.717) is 12.8 Å². The molecule has 0 spiro atoms. The Labute approximate surface area is 119 Å².